The number of aryl methyl sites for hydroxylation is 2. The van der Waals surface area contributed by atoms with Crippen molar-refractivity contribution in [3.8, 4) is 6.07 Å². The Hall–Kier alpha value is -1.53. The average molecular weight is 271 g/mol. The fraction of sp³-hybridized carbons (Fsp3) is 0.588. The van der Waals surface area contributed by atoms with Crippen LogP contribution in [-0.4, -0.2) is 25.7 Å². The van der Waals surface area contributed by atoms with E-state index >= 15 is 0 Å². The number of hydrogen-bond acceptors (Lipinski definition) is 3. The van der Waals surface area contributed by atoms with Gasteiger partial charge in [-0.3, -0.25) is 0 Å². The molecule has 0 amide bonds. The molecular formula is C17H25N3. The summed E-state index contributed by atoms with van der Waals surface area (Å²) in [7, 11) is 0. The summed E-state index contributed by atoms with van der Waals surface area (Å²) in [6.45, 7) is 7.28. The minimum Gasteiger partial charge on any atom is -0.371 e. The first-order valence-corrected chi connectivity index (χ1v) is 7.72. The van der Waals surface area contributed by atoms with E-state index in [9.17, 15) is 5.26 Å². The first kappa shape index (κ1) is 14.9. The number of hydrogen-bond donors (Lipinski definition) is 1. The molecule has 108 valence electrons. The van der Waals surface area contributed by atoms with E-state index in [0.29, 0.717) is 0 Å². The SMILES string of the molecule is CCCNC(C#N)CCN1CCCc2cc(C)ccc21. The average Bonchev–Trinajstić information content (AvgIpc) is 2.47. The van der Waals surface area contributed by atoms with Crippen molar-refractivity contribution in [2.75, 3.05) is 24.5 Å². The van der Waals surface area contributed by atoms with Crippen LogP contribution in [0.1, 0.15) is 37.3 Å². The maximum Gasteiger partial charge on any atom is 0.0969 e. The molecule has 2 rings (SSSR count). The lowest BCUT2D eigenvalue weighted by atomic mass is 9.99. The minimum atomic E-state index is -0.0224. The predicted molar refractivity (Wildman–Crippen MR) is 84.0 cm³/mol. The van der Waals surface area contributed by atoms with E-state index in [4.69, 9.17) is 0 Å². The molecule has 0 saturated heterocycles. The maximum absolute atomic E-state index is 9.18. The van der Waals surface area contributed by atoms with Gasteiger partial charge in [-0.1, -0.05) is 24.6 Å². The van der Waals surface area contributed by atoms with E-state index in [-0.39, 0.29) is 6.04 Å². The minimum absolute atomic E-state index is 0.0224. The Balaban J connectivity index is 1.96. The molecule has 0 aromatic heterocycles. The Morgan fingerprint density at radius 2 is 2.30 bits per heavy atom. The fourth-order valence-electron chi connectivity index (χ4n) is 2.85. The van der Waals surface area contributed by atoms with E-state index in [0.717, 1.165) is 32.5 Å². The molecule has 0 spiro atoms. The van der Waals surface area contributed by atoms with E-state index in [2.05, 4.69) is 48.3 Å². The van der Waals surface area contributed by atoms with Crippen molar-refractivity contribution in [1.82, 2.24) is 5.32 Å². The van der Waals surface area contributed by atoms with Gasteiger partial charge in [-0.15, -0.1) is 0 Å². The highest BCUT2D eigenvalue weighted by Crippen LogP contribution is 2.28. The normalized spacial score (nSPS) is 15.6. The Kier molecular flexibility index (Phi) is 5.43. The molecule has 0 radical (unpaired) electrons. The molecule has 1 aliphatic rings. The highest BCUT2D eigenvalue weighted by Gasteiger charge is 2.17. The van der Waals surface area contributed by atoms with Crippen molar-refractivity contribution < 1.29 is 0 Å². The van der Waals surface area contributed by atoms with Gasteiger partial charge in [-0.2, -0.15) is 5.26 Å². The predicted octanol–water partition coefficient (Wildman–Crippen LogP) is 3.03. The number of anilines is 1. The molecule has 1 aromatic rings. The summed E-state index contributed by atoms with van der Waals surface area (Å²) in [6, 6.07) is 9.08. The second kappa shape index (κ2) is 7.31. The number of benzene rings is 1. The topological polar surface area (TPSA) is 39.1 Å². The van der Waals surface area contributed by atoms with E-state index in [1.807, 2.05) is 0 Å². The molecule has 1 unspecified atom stereocenters. The zero-order valence-corrected chi connectivity index (χ0v) is 12.7. The van der Waals surface area contributed by atoms with E-state index in [1.54, 1.807) is 0 Å². The molecule has 0 fully saturated rings. The first-order chi connectivity index (χ1) is 9.74. The second-order valence-corrected chi connectivity index (χ2v) is 5.65. The van der Waals surface area contributed by atoms with Crippen LogP contribution in [0.2, 0.25) is 0 Å². The van der Waals surface area contributed by atoms with Gasteiger partial charge < -0.3 is 10.2 Å². The lowest BCUT2D eigenvalue weighted by Gasteiger charge is -2.32. The third kappa shape index (κ3) is 3.74. The van der Waals surface area contributed by atoms with Gasteiger partial charge in [0.15, 0.2) is 0 Å². The largest absolute Gasteiger partial charge is 0.371 e. The van der Waals surface area contributed by atoms with Crippen LogP contribution >= 0.6 is 0 Å². The van der Waals surface area contributed by atoms with Crippen molar-refractivity contribution in [3.63, 3.8) is 0 Å². The van der Waals surface area contributed by atoms with Crippen molar-refractivity contribution in [3.05, 3.63) is 29.3 Å². The third-order valence-corrected chi connectivity index (χ3v) is 3.93. The third-order valence-electron chi connectivity index (χ3n) is 3.93. The number of nitrogens with one attached hydrogen (secondary N) is 1. The Bertz CT molecular complexity index is 476. The molecule has 0 bridgehead atoms. The number of nitriles is 1. The zero-order valence-electron chi connectivity index (χ0n) is 12.7. The molecule has 1 aliphatic heterocycles. The lowest BCUT2D eigenvalue weighted by Crippen LogP contribution is -2.36. The van der Waals surface area contributed by atoms with Crippen molar-refractivity contribution in [2.24, 2.45) is 0 Å². The number of rotatable bonds is 6. The van der Waals surface area contributed by atoms with Crippen LogP contribution < -0.4 is 10.2 Å². The zero-order chi connectivity index (χ0) is 14.4. The summed E-state index contributed by atoms with van der Waals surface area (Å²) in [5.41, 5.74) is 4.17. The quantitative estimate of drug-likeness (QED) is 0.864. The molecule has 3 heteroatoms. The van der Waals surface area contributed by atoms with Gasteiger partial charge in [0.25, 0.3) is 0 Å². The highest BCUT2D eigenvalue weighted by molar-refractivity contribution is 5.56. The van der Waals surface area contributed by atoms with Crippen molar-refractivity contribution in [1.29, 1.82) is 5.26 Å². The molecule has 1 heterocycles. The molecule has 0 saturated carbocycles. The standard InChI is InChI=1S/C17H25N3/c1-3-9-19-16(13-18)8-11-20-10-4-5-15-12-14(2)6-7-17(15)20/h6-7,12,16,19H,3-5,8-11H2,1-2H3. The van der Waals surface area contributed by atoms with Gasteiger partial charge in [0, 0.05) is 18.8 Å². The van der Waals surface area contributed by atoms with Crippen LogP contribution in [-0.2, 0) is 6.42 Å². The van der Waals surface area contributed by atoms with Crippen molar-refractivity contribution in [2.45, 2.75) is 45.6 Å². The summed E-state index contributed by atoms with van der Waals surface area (Å²) < 4.78 is 0. The smallest absolute Gasteiger partial charge is 0.0969 e. The molecule has 1 atom stereocenters. The monoisotopic (exact) mass is 271 g/mol. The Morgan fingerprint density at radius 3 is 3.05 bits per heavy atom. The van der Waals surface area contributed by atoms with Crippen LogP contribution in [0.15, 0.2) is 18.2 Å². The van der Waals surface area contributed by atoms with Gasteiger partial charge in [0.05, 0.1) is 12.1 Å². The van der Waals surface area contributed by atoms with Crippen molar-refractivity contribution >= 4 is 5.69 Å². The Morgan fingerprint density at radius 1 is 1.45 bits per heavy atom. The summed E-state index contributed by atoms with van der Waals surface area (Å²) in [6.07, 6.45) is 4.37. The molecular weight excluding hydrogens is 246 g/mol. The lowest BCUT2D eigenvalue weighted by molar-refractivity contribution is 0.547. The van der Waals surface area contributed by atoms with E-state index < -0.39 is 0 Å². The molecule has 0 aliphatic carbocycles. The number of nitrogens with zero attached hydrogens (tertiary/aromatic N) is 2. The van der Waals surface area contributed by atoms with Gasteiger partial charge >= 0.3 is 0 Å². The van der Waals surface area contributed by atoms with Gasteiger partial charge in [0.2, 0.25) is 0 Å². The van der Waals surface area contributed by atoms with Crippen LogP contribution in [0.3, 0.4) is 0 Å². The molecule has 1 N–H and O–H groups in total. The first-order valence-electron chi connectivity index (χ1n) is 7.72. The summed E-state index contributed by atoms with van der Waals surface area (Å²) in [4.78, 5) is 2.44. The maximum atomic E-state index is 9.18. The molecule has 1 aromatic carbocycles. The molecule has 3 nitrogen and oxygen atoms in total. The number of fused-ring (bicyclic) bond motifs is 1. The summed E-state index contributed by atoms with van der Waals surface area (Å²) in [5, 5.41) is 12.5. The fourth-order valence-corrected chi connectivity index (χ4v) is 2.85. The van der Waals surface area contributed by atoms with Crippen LogP contribution in [0.5, 0.6) is 0 Å². The van der Waals surface area contributed by atoms with Gasteiger partial charge in [-0.05, 0) is 50.8 Å². The van der Waals surface area contributed by atoms with Gasteiger partial charge in [-0.25, -0.2) is 0 Å². The second-order valence-electron chi connectivity index (χ2n) is 5.65. The van der Waals surface area contributed by atoms with Gasteiger partial charge in [0.1, 0.15) is 0 Å². The van der Waals surface area contributed by atoms with Crippen LogP contribution in [0.25, 0.3) is 0 Å². The summed E-state index contributed by atoms with van der Waals surface area (Å²) >= 11 is 0. The van der Waals surface area contributed by atoms with E-state index in [1.165, 1.54) is 29.7 Å². The van der Waals surface area contributed by atoms with Crippen LogP contribution in [0.4, 0.5) is 5.69 Å². The Labute approximate surface area is 122 Å². The summed E-state index contributed by atoms with van der Waals surface area (Å²) in [5.74, 6) is 0. The highest BCUT2D eigenvalue weighted by atomic mass is 15.1. The van der Waals surface area contributed by atoms with Crippen LogP contribution in [0, 0.1) is 18.3 Å². The molecule has 20 heavy (non-hydrogen) atoms.